The van der Waals surface area contributed by atoms with Crippen molar-refractivity contribution in [2.45, 2.75) is 20.8 Å². The van der Waals surface area contributed by atoms with Gasteiger partial charge in [-0.15, -0.1) is 0 Å². The Balaban J connectivity index is 1.67. The van der Waals surface area contributed by atoms with E-state index in [4.69, 9.17) is 4.74 Å². The van der Waals surface area contributed by atoms with Crippen molar-refractivity contribution in [1.82, 2.24) is 9.99 Å². The number of para-hydroxylation sites is 1. The van der Waals surface area contributed by atoms with Gasteiger partial charge in [-0.25, -0.2) is 5.01 Å². The van der Waals surface area contributed by atoms with Crippen molar-refractivity contribution < 1.29 is 14.3 Å². The number of nitrogens with one attached hydrogen (secondary N) is 1. The van der Waals surface area contributed by atoms with Gasteiger partial charge in [-0.3, -0.25) is 15.0 Å². The van der Waals surface area contributed by atoms with Gasteiger partial charge in [-0.2, -0.15) is 0 Å². The van der Waals surface area contributed by atoms with Crippen LogP contribution in [0.3, 0.4) is 0 Å². The fraction of sp³-hybridized carbons (Fsp3) is 0.167. The van der Waals surface area contributed by atoms with Crippen LogP contribution in [0.5, 0.6) is 5.75 Å². The maximum absolute atomic E-state index is 12.8. The van der Waals surface area contributed by atoms with E-state index in [0.717, 1.165) is 28.4 Å². The molecule has 2 amide bonds. The molecule has 152 valence electrons. The molecule has 3 aromatic rings. The lowest BCUT2D eigenvalue weighted by atomic mass is 10.1. The van der Waals surface area contributed by atoms with E-state index in [2.05, 4.69) is 9.99 Å². The van der Waals surface area contributed by atoms with Gasteiger partial charge in [-0.1, -0.05) is 18.2 Å². The number of aromatic nitrogens is 1. The predicted molar refractivity (Wildman–Crippen MR) is 116 cm³/mol. The van der Waals surface area contributed by atoms with Gasteiger partial charge in [0, 0.05) is 17.1 Å². The molecule has 1 aliphatic heterocycles. The highest BCUT2D eigenvalue weighted by molar-refractivity contribution is 6.31. The molecule has 0 saturated carbocycles. The molecule has 0 bridgehead atoms. The zero-order valence-electron chi connectivity index (χ0n) is 17.2. The maximum atomic E-state index is 12.8. The van der Waals surface area contributed by atoms with Crippen LogP contribution < -0.4 is 15.2 Å². The first-order chi connectivity index (χ1) is 14.5. The molecule has 0 radical (unpaired) electrons. The lowest BCUT2D eigenvalue weighted by molar-refractivity contribution is -0.117. The van der Waals surface area contributed by atoms with Gasteiger partial charge in [0.2, 0.25) is 0 Å². The average Bonchev–Trinajstić information content (AvgIpc) is 3.19. The van der Waals surface area contributed by atoms with E-state index in [1.807, 2.05) is 69.3 Å². The summed E-state index contributed by atoms with van der Waals surface area (Å²) in [4.78, 5) is 25.3. The molecule has 1 fully saturated rings. The maximum Gasteiger partial charge on any atom is 0.282 e. The molecule has 1 N–H and O–H groups in total. The number of hydrazine groups is 1. The highest BCUT2D eigenvalue weighted by Crippen LogP contribution is 2.26. The summed E-state index contributed by atoms with van der Waals surface area (Å²) in [6.07, 6.45) is 1.66. The summed E-state index contributed by atoms with van der Waals surface area (Å²) >= 11 is 0. The van der Waals surface area contributed by atoms with Crippen LogP contribution in [0.2, 0.25) is 0 Å². The number of hydrogen-bond acceptors (Lipinski definition) is 3. The SMILES string of the molecule is CCOc1ccc(-n2c(C)cc(C=C3C(=O)NN(c4ccccc4)C3=O)c2C)cc1. The number of carbonyl (C=O) groups is 2. The lowest BCUT2D eigenvalue weighted by Crippen LogP contribution is -2.35. The van der Waals surface area contributed by atoms with E-state index in [1.165, 1.54) is 5.01 Å². The summed E-state index contributed by atoms with van der Waals surface area (Å²) in [6.45, 7) is 6.54. The standard InChI is InChI=1S/C24H23N3O3/c1-4-30-21-12-10-19(11-13-21)26-16(2)14-18(17(26)3)15-22-23(28)25-27(24(22)29)20-8-6-5-7-9-20/h5-15H,4H2,1-3H3,(H,25,28). The summed E-state index contributed by atoms with van der Waals surface area (Å²) in [5, 5.41) is 1.28. The number of benzene rings is 2. The quantitative estimate of drug-likeness (QED) is 0.520. The number of aryl methyl sites for hydroxylation is 1. The Morgan fingerprint density at radius 2 is 1.67 bits per heavy atom. The van der Waals surface area contributed by atoms with Crippen molar-refractivity contribution in [2.24, 2.45) is 0 Å². The molecule has 4 rings (SSSR count). The molecule has 2 heterocycles. The molecule has 0 spiro atoms. The third-order valence-corrected chi connectivity index (χ3v) is 5.08. The van der Waals surface area contributed by atoms with Crippen LogP contribution in [0.25, 0.3) is 11.8 Å². The molecule has 30 heavy (non-hydrogen) atoms. The molecular weight excluding hydrogens is 378 g/mol. The minimum atomic E-state index is -0.408. The van der Waals surface area contributed by atoms with Crippen molar-refractivity contribution in [3.05, 3.63) is 83.2 Å². The normalized spacial score (nSPS) is 15.0. The lowest BCUT2D eigenvalue weighted by Gasteiger charge is -2.13. The predicted octanol–water partition coefficient (Wildman–Crippen LogP) is 3.95. The molecule has 1 aliphatic rings. The van der Waals surface area contributed by atoms with Gasteiger partial charge < -0.3 is 9.30 Å². The smallest absolute Gasteiger partial charge is 0.282 e. The highest BCUT2D eigenvalue weighted by atomic mass is 16.5. The van der Waals surface area contributed by atoms with Crippen LogP contribution in [0.4, 0.5) is 5.69 Å². The minimum Gasteiger partial charge on any atom is -0.494 e. The molecule has 0 atom stereocenters. The fourth-order valence-corrected chi connectivity index (χ4v) is 3.66. The second-order valence-electron chi connectivity index (χ2n) is 7.06. The van der Waals surface area contributed by atoms with E-state index < -0.39 is 5.91 Å². The second kappa shape index (κ2) is 7.91. The van der Waals surface area contributed by atoms with Gasteiger partial charge in [0.05, 0.1) is 12.3 Å². The van der Waals surface area contributed by atoms with Gasteiger partial charge >= 0.3 is 0 Å². The van der Waals surface area contributed by atoms with Gasteiger partial charge in [0.15, 0.2) is 0 Å². The number of ether oxygens (including phenoxy) is 1. The van der Waals surface area contributed by atoms with Gasteiger partial charge in [0.25, 0.3) is 11.8 Å². The Hall–Kier alpha value is -3.80. The molecule has 6 heteroatoms. The largest absolute Gasteiger partial charge is 0.494 e. The van der Waals surface area contributed by atoms with Crippen molar-refractivity contribution in [3.63, 3.8) is 0 Å². The molecule has 1 saturated heterocycles. The Bertz CT molecular complexity index is 1130. The number of carbonyl (C=O) groups excluding carboxylic acids is 2. The molecule has 6 nitrogen and oxygen atoms in total. The monoisotopic (exact) mass is 401 g/mol. The summed E-state index contributed by atoms with van der Waals surface area (Å²) < 4.78 is 7.61. The van der Waals surface area contributed by atoms with Crippen molar-refractivity contribution >= 4 is 23.6 Å². The first-order valence-electron chi connectivity index (χ1n) is 9.84. The van der Waals surface area contributed by atoms with Crippen LogP contribution in [-0.2, 0) is 9.59 Å². The van der Waals surface area contributed by atoms with E-state index in [1.54, 1.807) is 18.2 Å². The van der Waals surface area contributed by atoms with E-state index >= 15 is 0 Å². The molecule has 1 aromatic heterocycles. The average molecular weight is 401 g/mol. The first-order valence-corrected chi connectivity index (χ1v) is 9.84. The summed E-state index contributed by atoms with van der Waals surface area (Å²) in [6, 6.07) is 18.9. The van der Waals surface area contributed by atoms with E-state index in [9.17, 15) is 9.59 Å². The van der Waals surface area contributed by atoms with Crippen molar-refractivity contribution in [1.29, 1.82) is 0 Å². The number of amides is 2. The van der Waals surface area contributed by atoms with Crippen molar-refractivity contribution in [3.8, 4) is 11.4 Å². The molecule has 2 aromatic carbocycles. The van der Waals surface area contributed by atoms with Crippen LogP contribution in [-0.4, -0.2) is 23.0 Å². The number of nitrogens with zero attached hydrogens (tertiary/aromatic N) is 2. The topological polar surface area (TPSA) is 63.6 Å². The van der Waals surface area contributed by atoms with Crippen LogP contribution in [0.15, 0.2) is 66.2 Å². The Morgan fingerprint density at radius 3 is 2.33 bits per heavy atom. The summed E-state index contributed by atoms with van der Waals surface area (Å²) in [7, 11) is 0. The molecule has 0 unspecified atom stereocenters. The van der Waals surface area contributed by atoms with E-state index in [0.29, 0.717) is 12.3 Å². The zero-order chi connectivity index (χ0) is 21.3. The van der Waals surface area contributed by atoms with E-state index in [-0.39, 0.29) is 11.5 Å². The summed E-state index contributed by atoms with van der Waals surface area (Å²) in [5.74, 6) is 0.0482. The van der Waals surface area contributed by atoms with Crippen LogP contribution >= 0.6 is 0 Å². The van der Waals surface area contributed by atoms with Crippen molar-refractivity contribution in [2.75, 3.05) is 11.6 Å². The number of rotatable bonds is 5. The second-order valence-corrected chi connectivity index (χ2v) is 7.06. The zero-order valence-corrected chi connectivity index (χ0v) is 17.2. The van der Waals surface area contributed by atoms with Crippen LogP contribution in [0.1, 0.15) is 23.9 Å². The molecular formula is C24H23N3O3. The number of hydrogen-bond donors (Lipinski definition) is 1. The Labute approximate surface area is 175 Å². The Morgan fingerprint density at radius 1 is 0.967 bits per heavy atom. The fourth-order valence-electron chi connectivity index (χ4n) is 3.66. The van der Waals surface area contributed by atoms with Gasteiger partial charge in [-0.05, 0) is 74.9 Å². The first kappa shape index (κ1) is 19.5. The minimum absolute atomic E-state index is 0.116. The Kier molecular flexibility index (Phi) is 5.14. The molecule has 0 aliphatic carbocycles. The number of anilines is 1. The summed E-state index contributed by atoms with van der Waals surface area (Å²) in [5.41, 5.74) is 7.15. The van der Waals surface area contributed by atoms with Gasteiger partial charge in [0.1, 0.15) is 11.3 Å². The highest BCUT2D eigenvalue weighted by Gasteiger charge is 2.34. The third kappa shape index (κ3) is 3.48. The third-order valence-electron chi connectivity index (χ3n) is 5.08. The van der Waals surface area contributed by atoms with Crippen LogP contribution in [0, 0.1) is 13.8 Å².